The van der Waals surface area contributed by atoms with Crippen LogP contribution >= 0.6 is 11.6 Å². The summed E-state index contributed by atoms with van der Waals surface area (Å²) >= 11 is 5.70. The summed E-state index contributed by atoms with van der Waals surface area (Å²) in [4.78, 5) is 0. The molecule has 0 saturated carbocycles. The zero-order valence-corrected chi connectivity index (χ0v) is 10.6. The first kappa shape index (κ1) is 16.9. The molecule has 1 aromatic carbocycles. The van der Waals surface area contributed by atoms with Crippen molar-refractivity contribution in [1.29, 1.82) is 0 Å². The van der Waals surface area contributed by atoms with E-state index in [9.17, 15) is 26.3 Å². The number of alkyl halides is 6. The quantitative estimate of drug-likeness (QED) is 0.658. The Labute approximate surface area is 115 Å². The lowest BCUT2D eigenvalue weighted by molar-refractivity contribution is -0.256. The summed E-state index contributed by atoms with van der Waals surface area (Å²) in [5.74, 6) is -4.68. The molecule has 0 aromatic heterocycles. The van der Waals surface area contributed by atoms with Gasteiger partial charge in [0.1, 0.15) is 6.61 Å². The Bertz CT molecular complexity index is 465. The summed E-state index contributed by atoms with van der Waals surface area (Å²) in [6.45, 7) is -2.23. The fraction of sp³-hybridized carbons (Fsp3) is 0.455. The topological polar surface area (TPSA) is 35.2 Å². The van der Waals surface area contributed by atoms with Crippen LogP contribution in [0.5, 0.6) is 0 Å². The molecule has 0 saturated heterocycles. The van der Waals surface area contributed by atoms with Gasteiger partial charge in [-0.25, -0.2) is 13.2 Å². The highest BCUT2D eigenvalue weighted by Crippen LogP contribution is 2.35. The van der Waals surface area contributed by atoms with Gasteiger partial charge in [-0.3, -0.25) is 0 Å². The van der Waals surface area contributed by atoms with Crippen LogP contribution in [0.15, 0.2) is 18.2 Å². The minimum absolute atomic E-state index is 0.148. The summed E-state index contributed by atoms with van der Waals surface area (Å²) in [5.41, 5.74) is 5.91. The van der Waals surface area contributed by atoms with Gasteiger partial charge in [0.25, 0.3) is 6.17 Å². The Balaban J connectivity index is 2.61. The van der Waals surface area contributed by atoms with E-state index in [0.29, 0.717) is 0 Å². The van der Waals surface area contributed by atoms with Gasteiger partial charge in [0.05, 0.1) is 6.61 Å². The molecule has 0 spiro atoms. The number of hydrogen-bond donors (Lipinski definition) is 1. The third-order valence-corrected chi connectivity index (χ3v) is 2.65. The van der Waals surface area contributed by atoms with E-state index < -0.39 is 31.5 Å². The fourth-order valence-electron chi connectivity index (χ4n) is 1.31. The molecule has 0 radical (unpaired) electrons. The summed E-state index contributed by atoms with van der Waals surface area (Å²) in [6, 6.07) is 4.14. The molecule has 20 heavy (non-hydrogen) atoms. The monoisotopic (exact) mass is 321 g/mol. The summed E-state index contributed by atoms with van der Waals surface area (Å²) in [5, 5.41) is 0.148. The van der Waals surface area contributed by atoms with Crippen molar-refractivity contribution in [1.82, 2.24) is 0 Å². The Kier molecular flexibility index (Phi) is 5.15. The van der Waals surface area contributed by atoms with E-state index in [1.807, 2.05) is 0 Å². The number of nitrogen functional groups attached to an aromatic ring is 1. The van der Waals surface area contributed by atoms with Crippen molar-refractivity contribution in [2.24, 2.45) is 0 Å². The number of hydrogen-bond acceptors (Lipinski definition) is 2. The van der Waals surface area contributed by atoms with E-state index in [0.717, 1.165) is 0 Å². The van der Waals surface area contributed by atoms with Crippen molar-refractivity contribution in [3.8, 4) is 0 Å². The molecule has 1 rings (SSSR count). The minimum atomic E-state index is -5.65. The van der Waals surface area contributed by atoms with Crippen molar-refractivity contribution >= 4 is 17.3 Å². The van der Waals surface area contributed by atoms with Gasteiger partial charge in [0.15, 0.2) is 0 Å². The normalized spacial score (nSPS) is 14.3. The first-order valence-corrected chi connectivity index (χ1v) is 5.62. The molecule has 0 aliphatic rings. The second kappa shape index (κ2) is 6.09. The molecule has 0 fully saturated rings. The number of benzene rings is 1. The lowest BCUT2D eigenvalue weighted by Gasteiger charge is -2.22. The molecule has 0 aliphatic heterocycles. The van der Waals surface area contributed by atoms with E-state index in [2.05, 4.69) is 4.74 Å². The van der Waals surface area contributed by atoms with E-state index >= 15 is 0 Å². The van der Waals surface area contributed by atoms with Crippen LogP contribution in [0.3, 0.4) is 0 Å². The van der Waals surface area contributed by atoms with Gasteiger partial charge < -0.3 is 10.5 Å². The molecule has 1 aromatic rings. The maximum absolute atomic E-state index is 12.9. The van der Waals surface area contributed by atoms with Crippen molar-refractivity contribution in [3.05, 3.63) is 28.8 Å². The highest BCUT2D eigenvalue weighted by atomic mass is 35.5. The van der Waals surface area contributed by atoms with Crippen molar-refractivity contribution in [3.63, 3.8) is 0 Å². The molecular formula is C11H10ClF6NO. The highest BCUT2D eigenvalue weighted by molar-refractivity contribution is 6.31. The standard InChI is InChI=1S/C11H10ClF6NO/c12-8-2-1-7(19)3-6(8)4-20-5-10(14,15)9(13)11(16,17)18/h1-3,9H,4-5,19H2. The largest absolute Gasteiger partial charge is 0.425 e. The van der Waals surface area contributed by atoms with E-state index in [1.54, 1.807) is 0 Å². The third-order valence-electron chi connectivity index (χ3n) is 2.28. The van der Waals surface area contributed by atoms with E-state index in [1.165, 1.54) is 18.2 Å². The zero-order chi connectivity index (χ0) is 15.6. The molecule has 0 bridgehead atoms. The molecule has 114 valence electrons. The molecule has 0 aliphatic carbocycles. The minimum Gasteiger partial charge on any atom is -0.399 e. The average molecular weight is 322 g/mol. The van der Waals surface area contributed by atoms with E-state index in [4.69, 9.17) is 17.3 Å². The lowest BCUT2D eigenvalue weighted by Crippen LogP contribution is -2.44. The van der Waals surface area contributed by atoms with Crippen molar-refractivity contribution < 1.29 is 31.1 Å². The lowest BCUT2D eigenvalue weighted by atomic mass is 10.2. The second-order valence-electron chi connectivity index (χ2n) is 4.01. The zero-order valence-electron chi connectivity index (χ0n) is 9.85. The maximum Gasteiger partial charge on any atom is 0.425 e. The molecule has 0 amide bonds. The van der Waals surface area contributed by atoms with Gasteiger partial charge in [-0.15, -0.1) is 0 Å². The van der Waals surface area contributed by atoms with Crippen LogP contribution < -0.4 is 5.73 Å². The molecule has 0 heterocycles. The number of ether oxygens (including phenoxy) is 1. The Morgan fingerprint density at radius 2 is 1.80 bits per heavy atom. The molecule has 1 unspecified atom stereocenters. The van der Waals surface area contributed by atoms with E-state index in [-0.39, 0.29) is 16.3 Å². The van der Waals surface area contributed by atoms with Gasteiger partial charge in [-0.05, 0) is 23.8 Å². The summed E-state index contributed by atoms with van der Waals surface area (Å²) < 4.78 is 78.4. The number of halogens is 7. The first-order valence-electron chi connectivity index (χ1n) is 5.24. The summed E-state index contributed by atoms with van der Waals surface area (Å²) in [7, 11) is 0. The summed E-state index contributed by atoms with van der Waals surface area (Å²) in [6.07, 6.45) is -9.94. The number of anilines is 1. The van der Waals surface area contributed by atoms with Crippen molar-refractivity contribution in [2.45, 2.75) is 24.9 Å². The second-order valence-corrected chi connectivity index (χ2v) is 4.42. The Hall–Kier alpha value is -1.15. The van der Waals surface area contributed by atoms with Gasteiger partial charge in [-0.2, -0.15) is 13.2 Å². The smallest absolute Gasteiger partial charge is 0.399 e. The van der Waals surface area contributed by atoms with Crippen LogP contribution in [-0.4, -0.2) is 24.9 Å². The van der Waals surface area contributed by atoms with Crippen molar-refractivity contribution in [2.75, 3.05) is 12.3 Å². The fourth-order valence-corrected chi connectivity index (χ4v) is 1.49. The predicted octanol–water partition coefficient (Wildman–Crippen LogP) is 3.97. The predicted molar refractivity (Wildman–Crippen MR) is 61.4 cm³/mol. The molecule has 1 atom stereocenters. The van der Waals surface area contributed by atoms with Crippen LogP contribution in [0.2, 0.25) is 5.02 Å². The third kappa shape index (κ3) is 4.45. The maximum atomic E-state index is 12.9. The van der Waals surface area contributed by atoms with Crippen LogP contribution in [-0.2, 0) is 11.3 Å². The van der Waals surface area contributed by atoms with Crippen LogP contribution in [0.1, 0.15) is 5.56 Å². The van der Waals surface area contributed by atoms with Gasteiger partial charge >= 0.3 is 12.1 Å². The Morgan fingerprint density at radius 3 is 2.35 bits per heavy atom. The van der Waals surface area contributed by atoms with Gasteiger partial charge in [0, 0.05) is 10.7 Å². The van der Waals surface area contributed by atoms with Crippen LogP contribution in [0, 0.1) is 0 Å². The molecular weight excluding hydrogens is 312 g/mol. The SMILES string of the molecule is Nc1ccc(Cl)c(COCC(F)(F)C(F)C(F)(F)F)c1. The molecule has 2 N–H and O–H groups in total. The molecule has 9 heteroatoms. The Morgan fingerprint density at radius 1 is 1.20 bits per heavy atom. The number of nitrogens with two attached hydrogens (primary N) is 1. The average Bonchev–Trinajstić information content (AvgIpc) is 2.31. The van der Waals surface area contributed by atoms with Gasteiger partial charge in [0.2, 0.25) is 0 Å². The van der Waals surface area contributed by atoms with Gasteiger partial charge in [-0.1, -0.05) is 11.6 Å². The number of rotatable bonds is 5. The highest BCUT2D eigenvalue weighted by Gasteiger charge is 2.56. The molecule has 2 nitrogen and oxygen atoms in total. The van der Waals surface area contributed by atoms with Crippen LogP contribution in [0.4, 0.5) is 32.0 Å². The first-order chi connectivity index (χ1) is 9.04. The van der Waals surface area contributed by atoms with Crippen LogP contribution in [0.25, 0.3) is 0 Å².